The molecular formula is C13H9N3O3. The van der Waals surface area contributed by atoms with Gasteiger partial charge in [-0.25, -0.2) is 9.78 Å². The van der Waals surface area contributed by atoms with E-state index in [1.165, 1.54) is 24.4 Å². The molecular weight excluding hydrogens is 246 g/mol. The molecule has 2 heterocycles. The Bertz CT molecular complexity index is 728. The van der Waals surface area contributed by atoms with Gasteiger partial charge < -0.3 is 5.11 Å². The number of carboxylic acid groups (broad SMARTS) is 1. The van der Waals surface area contributed by atoms with E-state index in [1.54, 1.807) is 12.1 Å². The summed E-state index contributed by atoms with van der Waals surface area (Å²) in [5, 5.41) is 18.0. The van der Waals surface area contributed by atoms with Gasteiger partial charge in [0.1, 0.15) is 17.5 Å². The van der Waals surface area contributed by atoms with Gasteiger partial charge in [0.05, 0.1) is 6.54 Å². The zero-order valence-electron chi connectivity index (χ0n) is 9.78. The van der Waals surface area contributed by atoms with Gasteiger partial charge in [-0.15, -0.1) is 0 Å². The minimum atomic E-state index is -1.19. The summed E-state index contributed by atoms with van der Waals surface area (Å²) in [6.45, 7) is -0.00194. The van der Waals surface area contributed by atoms with Gasteiger partial charge in [0.25, 0.3) is 5.56 Å². The molecule has 1 N–H and O–H groups in total. The normalized spacial score (nSPS) is 9.84. The fourth-order valence-corrected chi connectivity index (χ4v) is 1.71. The van der Waals surface area contributed by atoms with Crippen molar-refractivity contribution in [1.82, 2.24) is 9.55 Å². The number of pyridine rings is 2. The van der Waals surface area contributed by atoms with Crippen LogP contribution in [0.25, 0.3) is 0 Å². The van der Waals surface area contributed by atoms with Crippen molar-refractivity contribution in [3.63, 3.8) is 0 Å². The van der Waals surface area contributed by atoms with E-state index in [9.17, 15) is 9.59 Å². The average Bonchev–Trinajstić information content (AvgIpc) is 2.41. The molecule has 0 aliphatic heterocycles. The van der Waals surface area contributed by atoms with Crippen LogP contribution in [0.4, 0.5) is 0 Å². The lowest BCUT2D eigenvalue weighted by molar-refractivity contribution is 0.0684. The Morgan fingerprint density at radius 2 is 2.16 bits per heavy atom. The molecule has 2 aromatic heterocycles. The summed E-state index contributed by atoms with van der Waals surface area (Å²) in [7, 11) is 0. The molecule has 0 unspecified atom stereocenters. The quantitative estimate of drug-likeness (QED) is 0.877. The number of nitrogens with zero attached hydrogens (tertiary/aromatic N) is 3. The lowest BCUT2D eigenvalue weighted by atomic mass is 10.2. The van der Waals surface area contributed by atoms with Crippen molar-refractivity contribution in [1.29, 1.82) is 5.26 Å². The first-order chi connectivity index (χ1) is 9.13. The molecule has 0 spiro atoms. The predicted molar refractivity (Wildman–Crippen MR) is 65.7 cm³/mol. The molecule has 0 fully saturated rings. The number of hydrogen-bond acceptors (Lipinski definition) is 4. The summed E-state index contributed by atoms with van der Waals surface area (Å²) < 4.78 is 1.10. The molecule has 0 saturated carbocycles. The minimum absolute atomic E-state index is 0.00194. The van der Waals surface area contributed by atoms with Crippen LogP contribution < -0.4 is 5.56 Å². The third-order valence-electron chi connectivity index (χ3n) is 2.59. The van der Waals surface area contributed by atoms with Gasteiger partial charge in [0.2, 0.25) is 0 Å². The molecule has 2 aromatic rings. The Hall–Kier alpha value is -2.94. The Balaban J connectivity index is 2.53. The van der Waals surface area contributed by atoms with Gasteiger partial charge in [0, 0.05) is 17.8 Å². The van der Waals surface area contributed by atoms with Crippen molar-refractivity contribution in [2.75, 3.05) is 0 Å². The van der Waals surface area contributed by atoms with E-state index in [-0.39, 0.29) is 17.9 Å². The maximum atomic E-state index is 11.7. The van der Waals surface area contributed by atoms with Gasteiger partial charge >= 0.3 is 5.97 Å². The van der Waals surface area contributed by atoms with Crippen molar-refractivity contribution >= 4 is 5.97 Å². The third-order valence-corrected chi connectivity index (χ3v) is 2.59. The van der Waals surface area contributed by atoms with Crippen LogP contribution in [0.15, 0.2) is 41.3 Å². The fourth-order valence-electron chi connectivity index (χ4n) is 1.71. The highest BCUT2D eigenvalue weighted by Crippen LogP contribution is 2.07. The molecule has 6 heteroatoms. The summed E-state index contributed by atoms with van der Waals surface area (Å²) in [6, 6.07) is 9.17. The average molecular weight is 255 g/mol. The standard InChI is InChI=1S/C13H9N3O3/c14-7-10-9(3-2-6-15-10)8-16-11(13(18)19)4-1-5-12(16)17/h1-6H,8H2,(H,18,19). The fraction of sp³-hybridized carbons (Fsp3) is 0.0769. The summed E-state index contributed by atoms with van der Waals surface area (Å²) in [4.78, 5) is 26.7. The lowest BCUT2D eigenvalue weighted by Gasteiger charge is -2.09. The number of aromatic nitrogens is 2. The van der Waals surface area contributed by atoms with Crippen LogP contribution in [-0.2, 0) is 6.54 Å². The molecule has 0 aromatic carbocycles. The Morgan fingerprint density at radius 3 is 2.84 bits per heavy atom. The van der Waals surface area contributed by atoms with Crippen molar-refractivity contribution < 1.29 is 9.90 Å². The molecule has 19 heavy (non-hydrogen) atoms. The van der Waals surface area contributed by atoms with Crippen LogP contribution in [-0.4, -0.2) is 20.6 Å². The second-order valence-corrected chi connectivity index (χ2v) is 3.76. The minimum Gasteiger partial charge on any atom is -0.477 e. The number of carboxylic acids is 1. The summed E-state index contributed by atoms with van der Waals surface area (Å²) >= 11 is 0. The number of nitriles is 1. The summed E-state index contributed by atoms with van der Waals surface area (Å²) in [6.07, 6.45) is 1.47. The maximum absolute atomic E-state index is 11.7. The number of carbonyl (C=O) groups is 1. The van der Waals surface area contributed by atoms with Crippen molar-refractivity contribution in [2.24, 2.45) is 0 Å². The van der Waals surface area contributed by atoms with Gasteiger partial charge in [0.15, 0.2) is 0 Å². The van der Waals surface area contributed by atoms with Crippen LogP contribution in [0, 0.1) is 11.3 Å². The molecule has 0 radical (unpaired) electrons. The number of rotatable bonds is 3. The lowest BCUT2D eigenvalue weighted by Crippen LogP contribution is -2.25. The summed E-state index contributed by atoms with van der Waals surface area (Å²) in [5.41, 5.74) is 0.114. The number of hydrogen-bond donors (Lipinski definition) is 1. The molecule has 0 aliphatic carbocycles. The summed E-state index contributed by atoms with van der Waals surface area (Å²) in [5.74, 6) is -1.19. The van der Waals surface area contributed by atoms with Gasteiger partial charge in [-0.05, 0) is 12.1 Å². The molecule has 0 saturated heterocycles. The van der Waals surface area contributed by atoms with E-state index in [4.69, 9.17) is 10.4 Å². The third kappa shape index (κ3) is 2.50. The molecule has 0 amide bonds. The second kappa shape index (κ2) is 5.14. The highest BCUT2D eigenvalue weighted by molar-refractivity contribution is 5.85. The second-order valence-electron chi connectivity index (χ2n) is 3.76. The van der Waals surface area contributed by atoms with Crippen molar-refractivity contribution in [3.8, 4) is 6.07 Å². The van der Waals surface area contributed by atoms with E-state index in [0.717, 1.165) is 4.57 Å². The van der Waals surface area contributed by atoms with E-state index < -0.39 is 11.5 Å². The molecule has 0 aliphatic rings. The first-order valence-corrected chi connectivity index (χ1v) is 5.40. The predicted octanol–water partition coefficient (Wildman–Crippen LogP) is 0.861. The van der Waals surface area contributed by atoms with Crippen LogP contribution in [0.1, 0.15) is 21.7 Å². The van der Waals surface area contributed by atoms with Crippen LogP contribution in [0.3, 0.4) is 0 Å². The van der Waals surface area contributed by atoms with Gasteiger partial charge in [-0.1, -0.05) is 12.1 Å². The molecule has 0 bridgehead atoms. The SMILES string of the molecule is N#Cc1ncccc1Cn1c(C(=O)O)cccc1=O. The first-order valence-electron chi connectivity index (χ1n) is 5.40. The van der Waals surface area contributed by atoms with Crippen LogP contribution in [0.5, 0.6) is 0 Å². The zero-order chi connectivity index (χ0) is 13.8. The Morgan fingerprint density at radius 1 is 1.37 bits per heavy atom. The van der Waals surface area contributed by atoms with Gasteiger partial charge in [-0.2, -0.15) is 5.26 Å². The number of aromatic carboxylic acids is 1. The molecule has 94 valence electrons. The maximum Gasteiger partial charge on any atom is 0.352 e. The molecule has 2 rings (SSSR count). The van der Waals surface area contributed by atoms with Crippen molar-refractivity contribution in [3.05, 3.63) is 63.8 Å². The Labute approximate surface area is 108 Å². The van der Waals surface area contributed by atoms with Crippen molar-refractivity contribution in [2.45, 2.75) is 6.54 Å². The topological polar surface area (TPSA) is 96.0 Å². The monoisotopic (exact) mass is 255 g/mol. The van der Waals surface area contributed by atoms with E-state index in [1.807, 2.05) is 6.07 Å². The highest BCUT2D eigenvalue weighted by Gasteiger charge is 2.12. The van der Waals surface area contributed by atoms with Crippen LogP contribution in [0.2, 0.25) is 0 Å². The van der Waals surface area contributed by atoms with E-state index >= 15 is 0 Å². The van der Waals surface area contributed by atoms with E-state index in [0.29, 0.717) is 5.56 Å². The molecule has 0 atom stereocenters. The van der Waals surface area contributed by atoms with E-state index in [2.05, 4.69) is 4.98 Å². The zero-order valence-corrected chi connectivity index (χ0v) is 9.78. The molecule has 6 nitrogen and oxygen atoms in total. The highest BCUT2D eigenvalue weighted by atomic mass is 16.4. The Kier molecular flexibility index (Phi) is 3.39. The largest absolute Gasteiger partial charge is 0.477 e. The smallest absolute Gasteiger partial charge is 0.352 e. The van der Waals surface area contributed by atoms with Gasteiger partial charge in [-0.3, -0.25) is 9.36 Å². The first kappa shape index (κ1) is 12.5. The van der Waals surface area contributed by atoms with Crippen LogP contribution >= 0.6 is 0 Å².